The minimum absolute atomic E-state index is 0.450. The van der Waals surface area contributed by atoms with E-state index in [0.717, 1.165) is 11.8 Å². The first-order chi connectivity index (χ1) is 8.81. The first-order valence-electron chi connectivity index (χ1n) is 7.96. The highest BCUT2D eigenvalue weighted by atomic mass is 15.2. The fourth-order valence-corrected chi connectivity index (χ4v) is 3.83. The minimum Gasteiger partial charge on any atom is -0.271 e. The van der Waals surface area contributed by atoms with Crippen LogP contribution in [-0.4, -0.2) is 6.04 Å². The van der Waals surface area contributed by atoms with Gasteiger partial charge in [0.2, 0.25) is 0 Å². The summed E-state index contributed by atoms with van der Waals surface area (Å²) < 4.78 is 0. The normalized spacial score (nSPS) is 32.2. The first kappa shape index (κ1) is 14.1. The molecular weight excluding hydrogens is 220 g/mol. The Morgan fingerprint density at radius 3 is 2.78 bits per heavy atom. The predicted octanol–water partition coefficient (Wildman–Crippen LogP) is 3.93. The molecule has 3 N–H and O–H groups in total. The number of nitrogens with one attached hydrogen (secondary N) is 1. The van der Waals surface area contributed by atoms with Gasteiger partial charge in [-0.25, -0.2) is 0 Å². The highest BCUT2D eigenvalue weighted by molar-refractivity contribution is 5.13. The molecule has 2 nitrogen and oxygen atoms in total. The standard InChI is InChI=1S/C16H30N2/c1-13-8-7-11-15(12-13)16(18-17)14-9-5-3-2-4-6-10-14/h9,13,15-16,18H,2-8,10-12,17H2,1H3. The van der Waals surface area contributed by atoms with Crippen LogP contribution >= 0.6 is 0 Å². The van der Waals surface area contributed by atoms with E-state index in [-0.39, 0.29) is 0 Å². The van der Waals surface area contributed by atoms with E-state index >= 15 is 0 Å². The van der Waals surface area contributed by atoms with E-state index in [0.29, 0.717) is 6.04 Å². The molecule has 2 rings (SSSR count). The van der Waals surface area contributed by atoms with E-state index in [1.807, 2.05) is 0 Å². The molecule has 2 heteroatoms. The summed E-state index contributed by atoms with van der Waals surface area (Å²) in [5.74, 6) is 7.53. The van der Waals surface area contributed by atoms with Crippen molar-refractivity contribution < 1.29 is 0 Å². The van der Waals surface area contributed by atoms with Gasteiger partial charge in [0.1, 0.15) is 0 Å². The molecular formula is C16H30N2. The lowest BCUT2D eigenvalue weighted by Crippen LogP contribution is -2.44. The summed E-state index contributed by atoms with van der Waals surface area (Å²) in [6.07, 6.45) is 16.0. The molecule has 3 atom stereocenters. The van der Waals surface area contributed by atoms with Crippen molar-refractivity contribution in [1.29, 1.82) is 0 Å². The van der Waals surface area contributed by atoms with Crippen molar-refractivity contribution in [3.05, 3.63) is 11.6 Å². The molecule has 0 amide bonds. The second-order valence-corrected chi connectivity index (χ2v) is 6.41. The van der Waals surface area contributed by atoms with Gasteiger partial charge in [-0.1, -0.05) is 44.3 Å². The van der Waals surface area contributed by atoms with Crippen LogP contribution in [0.5, 0.6) is 0 Å². The second kappa shape index (κ2) is 7.30. The topological polar surface area (TPSA) is 38.0 Å². The van der Waals surface area contributed by atoms with Crippen LogP contribution in [0.3, 0.4) is 0 Å². The number of hydrazine groups is 1. The fraction of sp³-hybridized carbons (Fsp3) is 0.875. The molecule has 0 aromatic heterocycles. The zero-order chi connectivity index (χ0) is 12.8. The number of nitrogens with two attached hydrogens (primary N) is 1. The van der Waals surface area contributed by atoms with Crippen LogP contribution in [0.2, 0.25) is 0 Å². The average Bonchev–Trinajstić information content (AvgIpc) is 2.32. The summed E-state index contributed by atoms with van der Waals surface area (Å²) in [4.78, 5) is 0. The quantitative estimate of drug-likeness (QED) is 0.452. The van der Waals surface area contributed by atoms with E-state index in [1.54, 1.807) is 5.57 Å². The Hall–Kier alpha value is -0.340. The Balaban J connectivity index is 2.01. The molecule has 0 spiro atoms. The van der Waals surface area contributed by atoms with E-state index in [1.165, 1.54) is 64.2 Å². The number of hydrogen-bond acceptors (Lipinski definition) is 2. The van der Waals surface area contributed by atoms with Gasteiger partial charge >= 0.3 is 0 Å². The van der Waals surface area contributed by atoms with Crippen molar-refractivity contribution in [1.82, 2.24) is 5.43 Å². The molecule has 2 aliphatic rings. The maximum Gasteiger partial charge on any atom is 0.0448 e. The summed E-state index contributed by atoms with van der Waals surface area (Å²) in [5, 5.41) is 0. The monoisotopic (exact) mass is 250 g/mol. The van der Waals surface area contributed by atoms with Crippen LogP contribution in [0.25, 0.3) is 0 Å². The molecule has 0 radical (unpaired) electrons. The Morgan fingerprint density at radius 1 is 1.17 bits per heavy atom. The van der Waals surface area contributed by atoms with Gasteiger partial charge in [0.05, 0.1) is 0 Å². The van der Waals surface area contributed by atoms with E-state index in [4.69, 9.17) is 5.84 Å². The summed E-state index contributed by atoms with van der Waals surface area (Å²) in [7, 11) is 0. The third-order valence-electron chi connectivity index (χ3n) is 4.85. The van der Waals surface area contributed by atoms with Crippen LogP contribution in [0.1, 0.15) is 71.1 Å². The van der Waals surface area contributed by atoms with Crippen LogP contribution in [0.4, 0.5) is 0 Å². The van der Waals surface area contributed by atoms with Crippen LogP contribution < -0.4 is 11.3 Å². The molecule has 0 saturated heterocycles. The summed E-state index contributed by atoms with van der Waals surface area (Å²) >= 11 is 0. The first-order valence-corrected chi connectivity index (χ1v) is 7.96. The molecule has 1 saturated carbocycles. The molecule has 0 aliphatic heterocycles. The minimum atomic E-state index is 0.450. The van der Waals surface area contributed by atoms with Crippen molar-refractivity contribution in [2.24, 2.45) is 17.7 Å². The Bertz CT molecular complexity index is 272. The Kier molecular flexibility index (Phi) is 5.71. The second-order valence-electron chi connectivity index (χ2n) is 6.41. The van der Waals surface area contributed by atoms with Gasteiger partial charge in [-0.2, -0.15) is 0 Å². The van der Waals surface area contributed by atoms with E-state index in [2.05, 4.69) is 18.4 Å². The van der Waals surface area contributed by atoms with Gasteiger partial charge in [0.15, 0.2) is 0 Å². The molecule has 0 heterocycles. The van der Waals surface area contributed by atoms with Crippen LogP contribution in [0.15, 0.2) is 11.6 Å². The SMILES string of the molecule is CC1CCCC(C(NN)C2=CCCCCCC2)C1. The average molecular weight is 250 g/mol. The van der Waals surface area contributed by atoms with Gasteiger partial charge in [-0.15, -0.1) is 0 Å². The molecule has 0 aromatic carbocycles. The lowest BCUT2D eigenvalue weighted by atomic mass is 9.75. The molecule has 104 valence electrons. The number of rotatable bonds is 3. The van der Waals surface area contributed by atoms with E-state index < -0.39 is 0 Å². The number of hydrogen-bond donors (Lipinski definition) is 2. The largest absolute Gasteiger partial charge is 0.271 e. The van der Waals surface area contributed by atoms with Gasteiger partial charge < -0.3 is 0 Å². The maximum absolute atomic E-state index is 5.88. The summed E-state index contributed by atoms with van der Waals surface area (Å²) in [6, 6.07) is 0.450. The third-order valence-corrected chi connectivity index (χ3v) is 4.85. The predicted molar refractivity (Wildman–Crippen MR) is 78.0 cm³/mol. The number of allylic oxidation sites excluding steroid dienone is 1. The van der Waals surface area contributed by atoms with Gasteiger partial charge in [0.25, 0.3) is 0 Å². The third kappa shape index (κ3) is 3.83. The van der Waals surface area contributed by atoms with Crippen molar-refractivity contribution in [2.45, 2.75) is 77.2 Å². The molecule has 2 aliphatic carbocycles. The zero-order valence-corrected chi connectivity index (χ0v) is 12.0. The molecule has 18 heavy (non-hydrogen) atoms. The molecule has 1 fully saturated rings. The Morgan fingerprint density at radius 2 is 2.00 bits per heavy atom. The smallest absolute Gasteiger partial charge is 0.0448 e. The summed E-state index contributed by atoms with van der Waals surface area (Å²) in [5.41, 5.74) is 4.75. The van der Waals surface area contributed by atoms with Crippen molar-refractivity contribution in [2.75, 3.05) is 0 Å². The molecule has 3 unspecified atom stereocenters. The zero-order valence-electron chi connectivity index (χ0n) is 12.0. The van der Waals surface area contributed by atoms with Crippen molar-refractivity contribution >= 4 is 0 Å². The lowest BCUT2D eigenvalue weighted by molar-refractivity contribution is 0.237. The van der Waals surface area contributed by atoms with Crippen LogP contribution in [-0.2, 0) is 0 Å². The van der Waals surface area contributed by atoms with E-state index in [9.17, 15) is 0 Å². The van der Waals surface area contributed by atoms with Gasteiger partial charge in [0, 0.05) is 6.04 Å². The Labute approximate surface area is 112 Å². The highest BCUT2D eigenvalue weighted by Gasteiger charge is 2.28. The van der Waals surface area contributed by atoms with Gasteiger partial charge in [-0.05, 0) is 50.4 Å². The van der Waals surface area contributed by atoms with Gasteiger partial charge in [-0.3, -0.25) is 11.3 Å². The van der Waals surface area contributed by atoms with Crippen molar-refractivity contribution in [3.63, 3.8) is 0 Å². The fourth-order valence-electron chi connectivity index (χ4n) is 3.83. The maximum atomic E-state index is 5.88. The molecule has 0 aromatic rings. The molecule has 0 bridgehead atoms. The highest BCUT2D eigenvalue weighted by Crippen LogP contribution is 2.34. The van der Waals surface area contributed by atoms with Crippen molar-refractivity contribution in [3.8, 4) is 0 Å². The summed E-state index contributed by atoms with van der Waals surface area (Å²) in [6.45, 7) is 2.40. The lowest BCUT2D eigenvalue weighted by Gasteiger charge is -2.35. The van der Waals surface area contributed by atoms with Crippen LogP contribution in [0, 0.1) is 11.8 Å².